The Morgan fingerprint density at radius 2 is 2.00 bits per heavy atom. The zero-order chi connectivity index (χ0) is 18.0. The molecule has 25 heavy (non-hydrogen) atoms. The van der Waals surface area contributed by atoms with Crippen molar-refractivity contribution < 1.29 is 14.3 Å². The minimum Gasteiger partial charge on any atom is -0.477 e. The van der Waals surface area contributed by atoms with Crippen molar-refractivity contribution in [2.45, 2.75) is 39.9 Å². The Morgan fingerprint density at radius 1 is 1.28 bits per heavy atom. The topological polar surface area (TPSA) is 82.4 Å². The molecule has 0 spiro atoms. The second-order valence-corrected chi connectivity index (χ2v) is 6.19. The second-order valence-electron chi connectivity index (χ2n) is 6.19. The van der Waals surface area contributed by atoms with E-state index < -0.39 is 0 Å². The van der Waals surface area contributed by atoms with E-state index in [-0.39, 0.29) is 18.1 Å². The lowest BCUT2D eigenvalue weighted by Gasteiger charge is -2.35. The molecule has 0 saturated carbocycles. The van der Waals surface area contributed by atoms with E-state index in [9.17, 15) is 4.79 Å². The molecule has 1 saturated heterocycles. The number of carbonyl (C=O) groups is 1. The van der Waals surface area contributed by atoms with Crippen molar-refractivity contribution in [2.75, 3.05) is 19.7 Å². The van der Waals surface area contributed by atoms with Crippen LogP contribution in [0.4, 0.5) is 0 Å². The first-order valence-corrected chi connectivity index (χ1v) is 8.45. The van der Waals surface area contributed by atoms with E-state index in [1.807, 2.05) is 32.6 Å². The maximum Gasteiger partial charge on any atom is 0.257 e. The molecule has 8 heteroatoms. The van der Waals surface area contributed by atoms with Gasteiger partial charge in [0, 0.05) is 19.2 Å². The minimum absolute atomic E-state index is 0.0278. The molecule has 2 aromatic rings. The van der Waals surface area contributed by atoms with Gasteiger partial charge in [-0.1, -0.05) is 0 Å². The SMILES string of the molecule is CCOc1ccc(-n2ncc(C(=O)N3CC(C)OC(C)C3)c2C)nn1. The van der Waals surface area contributed by atoms with E-state index >= 15 is 0 Å². The number of amides is 1. The molecule has 8 nitrogen and oxygen atoms in total. The third-order valence-electron chi connectivity index (χ3n) is 4.08. The molecule has 2 unspecified atom stereocenters. The Morgan fingerprint density at radius 3 is 2.60 bits per heavy atom. The van der Waals surface area contributed by atoms with Crippen LogP contribution in [0.2, 0.25) is 0 Å². The summed E-state index contributed by atoms with van der Waals surface area (Å²) in [7, 11) is 0. The molecule has 2 atom stereocenters. The highest BCUT2D eigenvalue weighted by Crippen LogP contribution is 2.18. The Labute approximate surface area is 146 Å². The molecule has 0 N–H and O–H groups in total. The van der Waals surface area contributed by atoms with Gasteiger partial charge in [0.05, 0.1) is 36.3 Å². The normalized spacial score (nSPS) is 20.6. The van der Waals surface area contributed by atoms with Gasteiger partial charge in [0.2, 0.25) is 5.88 Å². The number of carbonyl (C=O) groups excluding carboxylic acids is 1. The van der Waals surface area contributed by atoms with Crippen LogP contribution in [-0.2, 0) is 4.74 Å². The molecule has 0 radical (unpaired) electrons. The molecular formula is C17H23N5O3. The van der Waals surface area contributed by atoms with Crippen molar-refractivity contribution in [3.63, 3.8) is 0 Å². The molecule has 3 rings (SSSR count). The van der Waals surface area contributed by atoms with Crippen LogP contribution in [0.15, 0.2) is 18.3 Å². The number of morpholine rings is 1. The summed E-state index contributed by atoms with van der Waals surface area (Å²) in [4.78, 5) is 14.7. The van der Waals surface area contributed by atoms with E-state index in [2.05, 4.69) is 15.3 Å². The first-order valence-electron chi connectivity index (χ1n) is 8.45. The summed E-state index contributed by atoms with van der Waals surface area (Å²) in [5.74, 6) is 0.969. The van der Waals surface area contributed by atoms with Gasteiger partial charge in [0.15, 0.2) is 5.82 Å². The van der Waals surface area contributed by atoms with Gasteiger partial charge in [0.1, 0.15) is 0 Å². The third-order valence-corrected chi connectivity index (χ3v) is 4.08. The number of ether oxygens (including phenoxy) is 2. The highest BCUT2D eigenvalue weighted by atomic mass is 16.5. The Hall–Kier alpha value is -2.48. The van der Waals surface area contributed by atoms with Crippen molar-refractivity contribution >= 4 is 5.91 Å². The molecule has 1 aliphatic rings. The van der Waals surface area contributed by atoms with E-state index in [1.165, 1.54) is 0 Å². The molecule has 0 bridgehead atoms. The smallest absolute Gasteiger partial charge is 0.257 e. The van der Waals surface area contributed by atoms with Crippen LogP contribution in [0, 0.1) is 6.92 Å². The third kappa shape index (κ3) is 3.63. The van der Waals surface area contributed by atoms with Gasteiger partial charge < -0.3 is 14.4 Å². The molecule has 0 aliphatic carbocycles. The summed E-state index contributed by atoms with van der Waals surface area (Å²) < 4.78 is 12.6. The van der Waals surface area contributed by atoms with Crippen LogP contribution < -0.4 is 4.74 Å². The molecule has 1 fully saturated rings. The van der Waals surface area contributed by atoms with Gasteiger partial charge in [0.25, 0.3) is 5.91 Å². The van der Waals surface area contributed by atoms with Gasteiger partial charge in [-0.2, -0.15) is 5.10 Å². The molecule has 0 aromatic carbocycles. The predicted octanol–water partition coefficient (Wildman–Crippen LogP) is 1.62. The summed E-state index contributed by atoms with van der Waals surface area (Å²) in [5, 5.41) is 12.4. The van der Waals surface area contributed by atoms with Gasteiger partial charge in [-0.25, -0.2) is 4.68 Å². The standard InChI is InChI=1S/C17H23N5O3/c1-5-24-16-7-6-15(19-20-16)22-13(4)14(8-18-22)17(23)21-9-11(2)25-12(3)10-21/h6-8,11-12H,5,9-10H2,1-4H3. The number of hydrogen-bond acceptors (Lipinski definition) is 6. The summed E-state index contributed by atoms with van der Waals surface area (Å²) >= 11 is 0. The zero-order valence-electron chi connectivity index (χ0n) is 15.0. The largest absolute Gasteiger partial charge is 0.477 e. The van der Waals surface area contributed by atoms with Crippen molar-refractivity contribution in [1.29, 1.82) is 0 Å². The highest BCUT2D eigenvalue weighted by molar-refractivity contribution is 5.95. The first kappa shape index (κ1) is 17.3. The zero-order valence-corrected chi connectivity index (χ0v) is 15.0. The summed E-state index contributed by atoms with van der Waals surface area (Å²) in [6, 6.07) is 3.50. The maximum atomic E-state index is 12.9. The van der Waals surface area contributed by atoms with E-state index in [0.717, 1.165) is 5.69 Å². The minimum atomic E-state index is -0.0374. The summed E-state index contributed by atoms with van der Waals surface area (Å²) in [6.45, 7) is 9.38. The fourth-order valence-electron chi connectivity index (χ4n) is 3.02. The predicted molar refractivity (Wildman–Crippen MR) is 91.0 cm³/mol. The van der Waals surface area contributed by atoms with Crippen LogP contribution in [0.1, 0.15) is 36.8 Å². The van der Waals surface area contributed by atoms with Crippen LogP contribution in [0.5, 0.6) is 5.88 Å². The lowest BCUT2D eigenvalue weighted by molar-refractivity contribution is -0.0586. The fourth-order valence-corrected chi connectivity index (χ4v) is 3.02. The molecule has 3 heterocycles. The van der Waals surface area contributed by atoms with Crippen molar-refractivity contribution in [1.82, 2.24) is 24.9 Å². The van der Waals surface area contributed by atoms with Crippen LogP contribution in [-0.4, -0.2) is 62.7 Å². The molecule has 134 valence electrons. The molecule has 1 amide bonds. The number of aromatic nitrogens is 4. The van der Waals surface area contributed by atoms with E-state index in [1.54, 1.807) is 23.0 Å². The van der Waals surface area contributed by atoms with Crippen molar-refractivity contribution in [2.24, 2.45) is 0 Å². The fraction of sp³-hybridized carbons (Fsp3) is 0.529. The Balaban J connectivity index is 1.82. The molecule has 1 aliphatic heterocycles. The van der Waals surface area contributed by atoms with Crippen molar-refractivity contribution in [3.8, 4) is 11.7 Å². The second kappa shape index (κ2) is 7.18. The van der Waals surface area contributed by atoms with Crippen LogP contribution >= 0.6 is 0 Å². The monoisotopic (exact) mass is 345 g/mol. The Kier molecular flexibility index (Phi) is 4.98. The van der Waals surface area contributed by atoms with Gasteiger partial charge in [-0.05, 0) is 33.8 Å². The number of hydrogen-bond donors (Lipinski definition) is 0. The van der Waals surface area contributed by atoms with Gasteiger partial charge in [-0.3, -0.25) is 4.79 Å². The lowest BCUT2D eigenvalue weighted by Crippen LogP contribution is -2.48. The van der Waals surface area contributed by atoms with Crippen molar-refractivity contribution in [3.05, 3.63) is 29.6 Å². The van der Waals surface area contributed by atoms with Crippen LogP contribution in [0.3, 0.4) is 0 Å². The summed E-state index contributed by atoms with van der Waals surface area (Å²) in [6.07, 6.45) is 1.64. The molecule has 2 aromatic heterocycles. The highest BCUT2D eigenvalue weighted by Gasteiger charge is 2.28. The van der Waals surface area contributed by atoms with Crippen LogP contribution in [0.25, 0.3) is 5.82 Å². The molecular weight excluding hydrogens is 322 g/mol. The Bertz CT molecular complexity index is 733. The number of nitrogens with zero attached hydrogens (tertiary/aromatic N) is 5. The average molecular weight is 345 g/mol. The van der Waals surface area contributed by atoms with E-state index in [4.69, 9.17) is 9.47 Å². The quantitative estimate of drug-likeness (QED) is 0.837. The van der Waals surface area contributed by atoms with Gasteiger partial charge in [-0.15, -0.1) is 10.2 Å². The van der Waals surface area contributed by atoms with E-state index in [0.29, 0.717) is 37.0 Å². The first-order chi connectivity index (χ1) is 12.0. The lowest BCUT2D eigenvalue weighted by atomic mass is 10.1. The maximum absolute atomic E-state index is 12.9. The summed E-state index contributed by atoms with van der Waals surface area (Å²) in [5.41, 5.74) is 1.30. The van der Waals surface area contributed by atoms with Gasteiger partial charge >= 0.3 is 0 Å². The average Bonchev–Trinajstić information content (AvgIpc) is 2.96. The number of rotatable bonds is 4.